The zero-order valence-electron chi connectivity index (χ0n) is 23.5. The molecule has 0 bridgehead atoms. The van der Waals surface area contributed by atoms with Gasteiger partial charge in [0.15, 0.2) is 22.2 Å². The Morgan fingerprint density at radius 3 is 2.44 bits per heavy atom. The van der Waals surface area contributed by atoms with Crippen LogP contribution in [0.1, 0.15) is 28.6 Å². The minimum atomic E-state index is -4.12. The number of ether oxygens (including phenoxy) is 1. The number of nitro groups is 1. The lowest BCUT2D eigenvalue weighted by Crippen LogP contribution is -2.50. The quantitative estimate of drug-likeness (QED) is 0.209. The lowest BCUT2D eigenvalue weighted by molar-refractivity contribution is -0.387. The van der Waals surface area contributed by atoms with Crippen molar-refractivity contribution < 1.29 is 36.8 Å². The maximum atomic E-state index is 14.0. The molecule has 2 N–H and O–H groups in total. The highest BCUT2D eigenvalue weighted by molar-refractivity contribution is 7.89. The summed E-state index contributed by atoms with van der Waals surface area (Å²) < 4.78 is 62.1. The van der Waals surface area contributed by atoms with E-state index in [4.69, 9.17) is 4.74 Å². The van der Waals surface area contributed by atoms with Crippen LogP contribution in [0.15, 0.2) is 71.6 Å². The minimum absolute atomic E-state index is 0.0769. The molecular weight excluding hydrogens is 614 g/mol. The Bertz CT molecular complexity index is 1890. The van der Waals surface area contributed by atoms with Gasteiger partial charge in [-0.15, -0.1) is 0 Å². The number of benzene rings is 3. The van der Waals surface area contributed by atoms with Gasteiger partial charge in [-0.25, -0.2) is 26.7 Å². The Hall–Kier alpha value is -4.93. The van der Waals surface area contributed by atoms with E-state index in [9.17, 15) is 37.2 Å². The number of carboxylic acids is 1. The number of nitrogens with one attached hydrogen (secondary N) is 1. The second kappa shape index (κ2) is 11.9. The first kappa shape index (κ1) is 30.1. The first-order chi connectivity index (χ1) is 21.5. The predicted octanol–water partition coefficient (Wildman–Crippen LogP) is 4.41. The highest BCUT2D eigenvalue weighted by Gasteiger charge is 2.38. The van der Waals surface area contributed by atoms with Gasteiger partial charge in [-0.05, 0) is 48.9 Å². The molecule has 4 aromatic rings. The van der Waals surface area contributed by atoms with E-state index >= 15 is 0 Å². The van der Waals surface area contributed by atoms with Gasteiger partial charge in [0.25, 0.3) is 5.69 Å². The van der Waals surface area contributed by atoms with Crippen molar-refractivity contribution in [3.05, 3.63) is 99.9 Å². The summed E-state index contributed by atoms with van der Waals surface area (Å²) in [6, 6.07) is 13.8. The average Bonchev–Trinajstić information content (AvgIpc) is 3.43. The molecule has 1 aromatic heterocycles. The number of halogens is 2. The van der Waals surface area contributed by atoms with Gasteiger partial charge in [0.1, 0.15) is 17.3 Å². The molecule has 13 nitrogen and oxygen atoms in total. The molecule has 1 atom stereocenters. The molecule has 234 valence electrons. The SMILES string of the molecule is O=C(O)c1c2c(nn1-c1ccc(Oc3cc(F)ccc3F)cc1)[C@H](N1CCN(S(=O)(=O)c3ccccc3[N+](=O)[O-])CC1)CCN2. The van der Waals surface area contributed by atoms with Gasteiger partial charge < -0.3 is 15.2 Å². The van der Waals surface area contributed by atoms with Crippen molar-refractivity contribution in [2.75, 3.05) is 38.0 Å². The number of hydrogen-bond donors (Lipinski definition) is 2. The minimum Gasteiger partial charge on any atom is -0.476 e. The third-order valence-corrected chi connectivity index (χ3v) is 9.69. The van der Waals surface area contributed by atoms with Crippen molar-refractivity contribution >= 4 is 27.4 Å². The smallest absolute Gasteiger partial charge is 0.356 e. The first-order valence-electron chi connectivity index (χ1n) is 13.9. The molecule has 1 saturated heterocycles. The maximum absolute atomic E-state index is 14.0. The summed E-state index contributed by atoms with van der Waals surface area (Å²) in [6.07, 6.45) is 0.575. The molecule has 1 fully saturated rings. The van der Waals surface area contributed by atoms with Crippen LogP contribution in [0.5, 0.6) is 11.5 Å². The van der Waals surface area contributed by atoms with E-state index < -0.39 is 38.2 Å². The molecule has 0 amide bonds. The number of carboxylic acid groups (broad SMARTS) is 1. The van der Waals surface area contributed by atoms with Crippen LogP contribution in [0.25, 0.3) is 5.69 Å². The molecule has 45 heavy (non-hydrogen) atoms. The van der Waals surface area contributed by atoms with Gasteiger partial charge in [0.05, 0.1) is 22.3 Å². The summed E-state index contributed by atoms with van der Waals surface area (Å²) in [7, 11) is -4.12. The van der Waals surface area contributed by atoms with Crippen molar-refractivity contribution in [2.24, 2.45) is 0 Å². The van der Waals surface area contributed by atoms with Crippen LogP contribution < -0.4 is 10.1 Å². The lowest BCUT2D eigenvalue weighted by Gasteiger charge is -2.39. The maximum Gasteiger partial charge on any atom is 0.356 e. The van der Waals surface area contributed by atoms with E-state index in [1.54, 1.807) is 12.1 Å². The van der Waals surface area contributed by atoms with Gasteiger partial charge in [0.2, 0.25) is 10.0 Å². The Labute approximate surface area is 255 Å². The number of carbonyl (C=O) groups is 1. The molecular formula is C29H26F2N6O7S. The van der Waals surface area contributed by atoms with Crippen LogP contribution in [0, 0.1) is 21.7 Å². The second-order valence-corrected chi connectivity index (χ2v) is 12.3. The number of aromatic carboxylic acids is 1. The van der Waals surface area contributed by atoms with Crippen LogP contribution in [0.3, 0.4) is 0 Å². The third-order valence-electron chi connectivity index (χ3n) is 7.75. The second-order valence-electron chi connectivity index (χ2n) is 10.4. The Kier molecular flexibility index (Phi) is 7.94. The number of nitrogens with zero attached hydrogens (tertiary/aromatic N) is 5. The van der Waals surface area contributed by atoms with Crippen molar-refractivity contribution in [1.29, 1.82) is 0 Å². The van der Waals surface area contributed by atoms with E-state index in [0.29, 0.717) is 43.1 Å². The molecule has 3 heterocycles. The van der Waals surface area contributed by atoms with E-state index in [1.165, 1.54) is 39.3 Å². The van der Waals surface area contributed by atoms with E-state index in [-0.39, 0.29) is 41.2 Å². The lowest BCUT2D eigenvalue weighted by atomic mass is 10.0. The van der Waals surface area contributed by atoms with Crippen LogP contribution in [-0.2, 0) is 10.0 Å². The number of aromatic nitrogens is 2. The Balaban J connectivity index is 1.23. The number of hydrogen-bond acceptors (Lipinski definition) is 9. The van der Waals surface area contributed by atoms with Crippen molar-refractivity contribution in [3.63, 3.8) is 0 Å². The Morgan fingerprint density at radius 1 is 1.04 bits per heavy atom. The zero-order chi connectivity index (χ0) is 31.9. The van der Waals surface area contributed by atoms with Gasteiger partial charge in [0, 0.05) is 44.9 Å². The van der Waals surface area contributed by atoms with E-state index in [2.05, 4.69) is 10.4 Å². The van der Waals surface area contributed by atoms with Crippen molar-refractivity contribution in [2.45, 2.75) is 17.4 Å². The van der Waals surface area contributed by atoms with Crippen molar-refractivity contribution in [1.82, 2.24) is 19.0 Å². The summed E-state index contributed by atoms with van der Waals surface area (Å²) in [4.78, 5) is 24.8. The number of nitro benzene ring substituents is 1. The number of sulfonamides is 1. The molecule has 0 unspecified atom stereocenters. The van der Waals surface area contributed by atoms with Gasteiger partial charge in [-0.3, -0.25) is 15.0 Å². The molecule has 0 radical (unpaired) electrons. The van der Waals surface area contributed by atoms with E-state index in [1.807, 2.05) is 4.90 Å². The first-order valence-corrected chi connectivity index (χ1v) is 15.3. The fourth-order valence-electron chi connectivity index (χ4n) is 5.61. The number of piperazine rings is 1. The summed E-state index contributed by atoms with van der Waals surface area (Å²) in [5.41, 5.74) is 0.619. The van der Waals surface area contributed by atoms with Crippen LogP contribution >= 0.6 is 0 Å². The summed E-state index contributed by atoms with van der Waals surface area (Å²) >= 11 is 0. The molecule has 16 heteroatoms. The highest BCUT2D eigenvalue weighted by Crippen LogP contribution is 2.38. The summed E-state index contributed by atoms with van der Waals surface area (Å²) in [5, 5.41) is 29.4. The topological polar surface area (TPSA) is 160 Å². The number of rotatable bonds is 8. The van der Waals surface area contributed by atoms with E-state index in [0.717, 1.165) is 24.3 Å². The fourth-order valence-corrected chi connectivity index (χ4v) is 7.19. The van der Waals surface area contributed by atoms with Crippen LogP contribution in [0.2, 0.25) is 0 Å². The molecule has 0 spiro atoms. The zero-order valence-corrected chi connectivity index (χ0v) is 24.3. The normalized spacial score (nSPS) is 17.3. The van der Waals surface area contributed by atoms with Gasteiger partial charge in [-0.2, -0.15) is 9.40 Å². The number of para-hydroxylation sites is 1. The third kappa shape index (κ3) is 5.70. The number of anilines is 1. The standard InChI is InChI=1S/C29H26F2N6O7S/c30-18-5-10-21(31)24(17-18)44-20-8-6-19(7-9-20)36-28(29(38)39)27-26(33-36)23(11-12-32-27)34-13-15-35(16-14-34)45(42,43)25-4-2-1-3-22(25)37(40)41/h1-10,17,23,32H,11-16H2,(H,38,39)/t23-/m1/s1. The number of fused-ring (bicyclic) bond motifs is 1. The predicted molar refractivity (Wildman–Crippen MR) is 156 cm³/mol. The fraction of sp³-hybridized carbons (Fsp3) is 0.241. The molecule has 0 saturated carbocycles. The highest BCUT2D eigenvalue weighted by atomic mass is 32.2. The summed E-state index contributed by atoms with van der Waals surface area (Å²) in [6.45, 7) is 1.19. The average molecular weight is 641 g/mol. The molecule has 3 aromatic carbocycles. The molecule has 6 rings (SSSR count). The summed E-state index contributed by atoms with van der Waals surface area (Å²) in [5.74, 6) is -2.74. The molecule has 2 aliphatic heterocycles. The Morgan fingerprint density at radius 2 is 1.76 bits per heavy atom. The largest absolute Gasteiger partial charge is 0.476 e. The van der Waals surface area contributed by atoms with Gasteiger partial charge >= 0.3 is 5.97 Å². The molecule has 2 aliphatic rings. The molecule has 0 aliphatic carbocycles. The van der Waals surface area contributed by atoms with Gasteiger partial charge in [-0.1, -0.05) is 12.1 Å². The van der Waals surface area contributed by atoms with Crippen molar-refractivity contribution in [3.8, 4) is 17.2 Å². The van der Waals surface area contributed by atoms with Crippen LogP contribution in [0.4, 0.5) is 20.2 Å². The monoisotopic (exact) mass is 640 g/mol. The van der Waals surface area contributed by atoms with Crippen LogP contribution in [-0.4, -0.2) is 76.1 Å².